The molecule has 1 rings (SSSR count). The van der Waals surface area contributed by atoms with E-state index in [1.54, 1.807) is 12.1 Å². The summed E-state index contributed by atoms with van der Waals surface area (Å²) in [5.74, 6) is 0. The fourth-order valence-electron chi connectivity index (χ4n) is 1.82. The summed E-state index contributed by atoms with van der Waals surface area (Å²) in [5, 5.41) is 9.89. The van der Waals surface area contributed by atoms with E-state index in [4.69, 9.17) is 10.5 Å². The van der Waals surface area contributed by atoms with Gasteiger partial charge in [-0.2, -0.15) is 0 Å². The van der Waals surface area contributed by atoms with Gasteiger partial charge in [-0.3, -0.25) is 0 Å². The van der Waals surface area contributed by atoms with Crippen LogP contribution in [0.1, 0.15) is 50.7 Å². The highest BCUT2D eigenvalue weighted by Gasteiger charge is 2.06. The molecule has 18 heavy (non-hydrogen) atoms. The number of ether oxygens (including phenoxy) is 1. The van der Waals surface area contributed by atoms with Crippen LogP contribution in [0.25, 0.3) is 0 Å². The number of rotatable bonds is 9. The minimum atomic E-state index is -0.554. The smallest absolute Gasteiger partial charge is 0.102 e. The molecule has 1 aromatic carbocycles. The maximum Gasteiger partial charge on any atom is 0.102 e. The van der Waals surface area contributed by atoms with Crippen LogP contribution in [0.15, 0.2) is 24.3 Å². The summed E-state index contributed by atoms with van der Waals surface area (Å²) in [6, 6.07) is 7.27. The molecule has 3 N–H and O–H groups in total. The highest BCUT2D eigenvalue weighted by Crippen LogP contribution is 2.15. The quantitative estimate of drug-likeness (QED) is 0.523. The number of nitrogens with two attached hydrogens (primary N) is 1. The first-order chi connectivity index (χ1) is 8.74. The Bertz CT molecular complexity index is 311. The Balaban J connectivity index is 2.10. The molecular weight excluding hydrogens is 226 g/mol. The van der Waals surface area contributed by atoms with Gasteiger partial charge in [-0.15, -0.1) is 0 Å². The molecule has 0 heterocycles. The number of nitrogen functional groups attached to an aromatic ring is 1. The third-order valence-corrected chi connectivity index (χ3v) is 2.99. The molecule has 0 bridgehead atoms. The molecule has 0 spiro atoms. The molecular formula is C15H25NO2. The highest BCUT2D eigenvalue weighted by molar-refractivity contribution is 5.39. The third kappa shape index (κ3) is 6.03. The first-order valence-corrected chi connectivity index (χ1v) is 6.85. The van der Waals surface area contributed by atoms with Crippen molar-refractivity contribution < 1.29 is 9.84 Å². The normalized spacial score (nSPS) is 12.6. The lowest BCUT2D eigenvalue weighted by atomic mass is 10.1. The Morgan fingerprint density at radius 3 is 2.44 bits per heavy atom. The number of aliphatic hydroxyl groups is 1. The van der Waals surface area contributed by atoms with Crippen molar-refractivity contribution in [1.29, 1.82) is 0 Å². The van der Waals surface area contributed by atoms with Crippen LogP contribution in [0.2, 0.25) is 0 Å². The molecule has 0 amide bonds. The van der Waals surface area contributed by atoms with Crippen LogP contribution < -0.4 is 5.73 Å². The second-order valence-corrected chi connectivity index (χ2v) is 4.67. The molecule has 0 fully saturated rings. The van der Waals surface area contributed by atoms with Crippen LogP contribution in [0.3, 0.4) is 0 Å². The van der Waals surface area contributed by atoms with Gasteiger partial charge in [-0.25, -0.2) is 0 Å². The fourth-order valence-corrected chi connectivity index (χ4v) is 1.82. The maximum absolute atomic E-state index is 9.89. The van der Waals surface area contributed by atoms with E-state index in [1.807, 2.05) is 12.1 Å². The molecule has 0 radical (unpaired) electrons. The van der Waals surface area contributed by atoms with E-state index in [2.05, 4.69) is 6.92 Å². The van der Waals surface area contributed by atoms with Crippen LogP contribution >= 0.6 is 0 Å². The monoisotopic (exact) mass is 251 g/mol. The van der Waals surface area contributed by atoms with E-state index in [1.165, 1.54) is 25.7 Å². The molecule has 102 valence electrons. The van der Waals surface area contributed by atoms with Crippen molar-refractivity contribution >= 4 is 5.69 Å². The number of hydrogen-bond acceptors (Lipinski definition) is 3. The van der Waals surface area contributed by atoms with Crippen LogP contribution in [0, 0.1) is 0 Å². The largest absolute Gasteiger partial charge is 0.399 e. The Kier molecular flexibility index (Phi) is 7.46. The van der Waals surface area contributed by atoms with Gasteiger partial charge in [0.05, 0.1) is 6.61 Å². The van der Waals surface area contributed by atoms with Gasteiger partial charge in [-0.05, 0) is 24.1 Å². The van der Waals surface area contributed by atoms with Gasteiger partial charge in [0.15, 0.2) is 0 Å². The van der Waals surface area contributed by atoms with E-state index in [9.17, 15) is 5.11 Å². The van der Waals surface area contributed by atoms with E-state index in [-0.39, 0.29) is 0 Å². The molecule has 3 nitrogen and oxygen atoms in total. The number of benzene rings is 1. The van der Waals surface area contributed by atoms with Crippen molar-refractivity contribution in [1.82, 2.24) is 0 Å². The minimum Gasteiger partial charge on any atom is -0.399 e. The SMILES string of the molecule is CCCCCCCOCC(O)c1ccc(N)cc1. The Labute approximate surface area is 110 Å². The van der Waals surface area contributed by atoms with Crippen molar-refractivity contribution in [2.75, 3.05) is 18.9 Å². The predicted molar refractivity (Wildman–Crippen MR) is 75.4 cm³/mol. The van der Waals surface area contributed by atoms with Crippen molar-refractivity contribution in [3.05, 3.63) is 29.8 Å². The van der Waals surface area contributed by atoms with E-state index < -0.39 is 6.10 Å². The van der Waals surface area contributed by atoms with Crippen LogP contribution in [-0.2, 0) is 4.74 Å². The van der Waals surface area contributed by atoms with Gasteiger partial charge in [0.2, 0.25) is 0 Å². The molecule has 0 aliphatic heterocycles. The molecule has 3 heteroatoms. The number of unbranched alkanes of at least 4 members (excludes halogenated alkanes) is 4. The van der Waals surface area contributed by atoms with E-state index in [0.717, 1.165) is 18.6 Å². The van der Waals surface area contributed by atoms with Gasteiger partial charge in [0.1, 0.15) is 6.10 Å². The zero-order valence-corrected chi connectivity index (χ0v) is 11.3. The second kappa shape index (κ2) is 8.95. The van der Waals surface area contributed by atoms with Crippen molar-refractivity contribution in [2.45, 2.75) is 45.1 Å². The lowest BCUT2D eigenvalue weighted by molar-refractivity contribution is 0.0344. The molecule has 1 unspecified atom stereocenters. The molecule has 0 aliphatic carbocycles. The van der Waals surface area contributed by atoms with Crippen molar-refractivity contribution in [3.8, 4) is 0 Å². The third-order valence-electron chi connectivity index (χ3n) is 2.99. The van der Waals surface area contributed by atoms with E-state index in [0.29, 0.717) is 12.3 Å². The molecule has 0 saturated heterocycles. The van der Waals surface area contributed by atoms with Gasteiger partial charge >= 0.3 is 0 Å². The number of aliphatic hydroxyl groups excluding tert-OH is 1. The first-order valence-electron chi connectivity index (χ1n) is 6.85. The van der Waals surface area contributed by atoms with Gasteiger partial charge in [-0.1, -0.05) is 44.7 Å². The molecule has 1 aromatic rings. The first kappa shape index (κ1) is 15.0. The summed E-state index contributed by atoms with van der Waals surface area (Å²) in [7, 11) is 0. The van der Waals surface area contributed by atoms with Crippen molar-refractivity contribution in [3.63, 3.8) is 0 Å². The summed E-state index contributed by atoms with van der Waals surface area (Å²) < 4.78 is 5.48. The van der Waals surface area contributed by atoms with Gasteiger partial charge in [0.25, 0.3) is 0 Å². The Morgan fingerprint density at radius 1 is 1.11 bits per heavy atom. The number of hydrogen-bond donors (Lipinski definition) is 2. The van der Waals surface area contributed by atoms with Crippen LogP contribution in [0.4, 0.5) is 5.69 Å². The Hall–Kier alpha value is -1.06. The lowest BCUT2D eigenvalue weighted by Gasteiger charge is -2.11. The van der Waals surface area contributed by atoms with Crippen LogP contribution in [0.5, 0.6) is 0 Å². The van der Waals surface area contributed by atoms with Gasteiger partial charge in [0, 0.05) is 12.3 Å². The average Bonchev–Trinajstić information content (AvgIpc) is 2.38. The highest BCUT2D eigenvalue weighted by atomic mass is 16.5. The predicted octanol–water partition coefficient (Wildman–Crippen LogP) is 3.29. The minimum absolute atomic E-state index is 0.359. The van der Waals surface area contributed by atoms with Crippen molar-refractivity contribution in [2.24, 2.45) is 0 Å². The van der Waals surface area contributed by atoms with Crippen LogP contribution in [-0.4, -0.2) is 18.3 Å². The molecule has 1 atom stereocenters. The summed E-state index contributed by atoms with van der Waals surface area (Å²) in [5.41, 5.74) is 7.16. The molecule has 0 aromatic heterocycles. The maximum atomic E-state index is 9.89. The zero-order chi connectivity index (χ0) is 13.2. The average molecular weight is 251 g/mol. The molecule has 0 aliphatic rings. The topological polar surface area (TPSA) is 55.5 Å². The summed E-state index contributed by atoms with van der Waals surface area (Å²) >= 11 is 0. The Morgan fingerprint density at radius 2 is 1.78 bits per heavy atom. The van der Waals surface area contributed by atoms with E-state index >= 15 is 0 Å². The summed E-state index contributed by atoms with van der Waals surface area (Å²) in [4.78, 5) is 0. The fraction of sp³-hybridized carbons (Fsp3) is 0.600. The lowest BCUT2D eigenvalue weighted by Crippen LogP contribution is -2.08. The number of anilines is 1. The summed E-state index contributed by atoms with van der Waals surface area (Å²) in [6.07, 6.45) is 5.58. The standard InChI is InChI=1S/C15H25NO2/c1-2-3-4-5-6-11-18-12-15(17)13-7-9-14(16)10-8-13/h7-10,15,17H,2-6,11-12,16H2,1H3. The zero-order valence-electron chi connectivity index (χ0n) is 11.3. The molecule has 0 saturated carbocycles. The summed E-state index contributed by atoms with van der Waals surface area (Å²) in [6.45, 7) is 3.30. The van der Waals surface area contributed by atoms with Gasteiger partial charge < -0.3 is 15.6 Å². The second-order valence-electron chi connectivity index (χ2n) is 4.67.